The fourth-order valence-corrected chi connectivity index (χ4v) is 2.46. The molecule has 1 saturated carbocycles. The van der Waals surface area contributed by atoms with Crippen LogP contribution >= 0.6 is 0 Å². The van der Waals surface area contributed by atoms with E-state index in [9.17, 15) is 9.59 Å². The van der Waals surface area contributed by atoms with E-state index < -0.39 is 11.9 Å². The average molecular weight is 242 g/mol. The summed E-state index contributed by atoms with van der Waals surface area (Å²) < 4.78 is 0. The van der Waals surface area contributed by atoms with Gasteiger partial charge in [0.15, 0.2) is 0 Å². The average Bonchev–Trinajstić information content (AvgIpc) is 2.66. The number of carbonyl (C=O) groups excluding carboxylic acids is 1. The molecule has 3 atom stereocenters. The summed E-state index contributed by atoms with van der Waals surface area (Å²) in [5, 5.41) is 14.9. The highest BCUT2D eigenvalue weighted by Gasteiger charge is 2.40. The molecule has 5 heteroatoms. The minimum absolute atomic E-state index is 0.0992. The van der Waals surface area contributed by atoms with E-state index in [0.29, 0.717) is 25.3 Å². The predicted molar refractivity (Wildman–Crippen MR) is 64.6 cm³/mol. The molecule has 0 saturated heterocycles. The molecule has 1 rings (SSSR count). The number of rotatable bonds is 6. The second-order valence-electron chi connectivity index (χ2n) is 4.88. The molecule has 0 aliphatic heterocycles. The molecule has 5 nitrogen and oxygen atoms in total. The van der Waals surface area contributed by atoms with Crippen LogP contribution in [0.15, 0.2) is 0 Å². The number of carbonyl (C=O) groups is 2. The van der Waals surface area contributed by atoms with Gasteiger partial charge in [-0.1, -0.05) is 6.92 Å². The summed E-state index contributed by atoms with van der Waals surface area (Å²) in [6.45, 7) is 3.46. The summed E-state index contributed by atoms with van der Waals surface area (Å²) in [5.41, 5.74) is 0. The quantitative estimate of drug-likeness (QED) is 0.591. The van der Waals surface area contributed by atoms with Crippen LogP contribution in [0.25, 0.3) is 0 Å². The van der Waals surface area contributed by atoms with Gasteiger partial charge in [-0.05, 0) is 38.8 Å². The van der Waals surface area contributed by atoms with Crippen LogP contribution in [0, 0.1) is 17.8 Å². The van der Waals surface area contributed by atoms with Gasteiger partial charge in [0.1, 0.15) is 0 Å². The van der Waals surface area contributed by atoms with Gasteiger partial charge in [0, 0.05) is 6.54 Å². The number of nitrogens with one attached hydrogen (secondary N) is 2. The lowest BCUT2D eigenvalue weighted by Gasteiger charge is -2.15. The first-order chi connectivity index (χ1) is 8.06. The normalized spacial score (nSPS) is 28.0. The van der Waals surface area contributed by atoms with Crippen LogP contribution in [-0.4, -0.2) is 37.1 Å². The van der Waals surface area contributed by atoms with Crippen molar-refractivity contribution in [3.05, 3.63) is 0 Å². The molecule has 0 bridgehead atoms. The van der Waals surface area contributed by atoms with Gasteiger partial charge in [0.25, 0.3) is 0 Å². The first-order valence-corrected chi connectivity index (χ1v) is 6.21. The number of hydrogen-bond acceptors (Lipinski definition) is 3. The third kappa shape index (κ3) is 4.00. The molecule has 0 aromatic heterocycles. The van der Waals surface area contributed by atoms with Gasteiger partial charge < -0.3 is 15.7 Å². The molecule has 0 radical (unpaired) electrons. The Morgan fingerprint density at radius 2 is 1.88 bits per heavy atom. The predicted octanol–water partition coefficient (Wildman–Crippen LogP) is 0.459. The van der Waals surface area contributed by atoms with Crippen molar-refractivity contribution >= 4 is 11.9 Å². The summed E-state index contributed by atoms with van der Waals surface area (Å²) in [7, 11) is 1.86. The lowest BCUT2D eigenvalue weighted by atomic mass is 9.95. The van der Waals surface area contributed by atoms with Gasteiger partial charge in [-0.25, -0.2) is 0 Å². The molecule has 17 heavy (non-hydrogen) atoms. The third-order valence-corrected chi connectivity index (χ3v) is 3.36. The molecular weight excluding hydrogens is 220 g/mol. The van der Waals surface area contributed by atoms with Crippen molar-refractivity contribution < 1.29 is 14.7 Å². The van der Waals surface area contributed by atoms with Crippen LogP contribution in [0.1, 0.15) is 26.2 Å². The van der Waals surface area contributed by atoms with Gasteiger partial charge >= 0.3 is 5.97 Å². The van der Waals surface area contributed by atoms with E-state index >= 15 is 0 Å². The monoisotopic (exact) mass is 242 g/mol. The summed E-state index contributed by atoms with van der Waals surface area (Å²) in [6, 6.07) is 0. The maximum absolute atomic E-state index is 11.9. The molecule has 0 aromatic carbocycles. The second-order valence-corrected chi connectivity index (χ2v) is 4.88. The Labute approximate surface area is 102 Å². The highest BCUT2D eigenvalue weighted by atomic mass is 16.4. The molecule has 1 aliphatic rings. The lowest BCUT2D eigenvalue weighted by Crippen LogP contribution is -2.36. The fraction of sp³-hybridized carbons (Fsp3) is 0.833. The zero-order valence-electron chi connectivity index (χ0n) is 10.5. The Morgan fingerprint density at radius 1 is 1.24 bits per heavy atom. The van der Waals surface area contributed by atoms with E-state index in [-0.39, 0.29) is 11.8 Å². The number of carboxylic acids is 1. The van der Waals surface area contributed by atoms with Crippen molar-refractivity contribution in [1.29, 1.82) is 0 Å². The molecular formula is C12H22N2O3. The van der Waals surface area contributed by atoms with E-state index in [1.807, 2.05) is 14.0 Å². The fourth-order valence-electron chi connectivity index (χ4n) is 2.46. The Balaban J connectivity index is 2.41. The summed E-state index contributed by atoms with van der Waals surface area (Å²) in [4.78, 5) is 22.9. The Morgan fingerprint density at radius 3 is 2.47 bits per heavy atom. The number of hydrogen-bond donors (Lipinski definition) is 3. The minimum atomic E-state index is -0.843. The maximum atomic E-state index is 11.9. The number of carboxylic acid groups (broad SMARTS) is 1. The van der Waals surface area contributed by atoms with E-state index in [4.69, 9.17) is 5.11 Å². The summed E-state index contributed by atoms with van der Waals surface area (Å²) in [5.74, 6) is -1.47. The Hall–Kier alpha value is -1.10. The van der Waals surface area contributed by atoms with Gasteiger partial charge in [-0.3, -0.25) is 9.59 Å². The summed E-state index contributed by atoms with van der Waals surface area (Å²) in [6.07, 6.45) is 2.17. The molecule has 1 aliphatic carbocycles. The smallest absolute Gasteiger partial charge is 0.307 e. The molecule has 1 unspecified atom stereocenters. The molecule has 1 fully saturated rings. The maximum Gasteiger partial charge on any atom is 0.307 e. The van der Waals surface area contributed by atoms with Crippen LogP contribution in [-0.2, 0) is 9.59 Å². The van der Waals surface area contributed by atoms with E-state index in [0.717, 1.165) is 13.0 Å². The van der Waals surface area contributed by atoms with Crippen molar-refractivity contribution in [2.75, 3.05) is 20.1 Å². The van der Waals surface area contributed by atoms with Crippen LogP contribution < -0.4 is 10.6 Å². The van der Waals surface area contributed by atoms with Crippen molar-refractivity contribution in [2.45, 2.75) is 26.2 Å². The van der Waals surface area contributed by atoms with Gasteiger partial charge in [0.05, 0.1) is 11.8 Å². The molecule has 0 spiro atoms. The minimum Gasteiger partial charge on any atom is -0.481 e. The van der Waals surface area contributed by atoms with Crippen LogP contribution in [0.4, 0.5) is 0 Å². The third-order valence-electron chi connectivity index (χ3n) is 3.36. The van der Waals surface area contributed by atoms with Crippen molar-refractivity contribution in [3.63, 3.8) is 0 Å². The lowest BCUT2D eigenvalue weighted by molar-refractivity contribution is -0.146. The number of amides is 1. The standard InChI is InChI=1S/C12H22N2O3/c1-8-6-9(10(7-8)12(16)17)11(15)14-5-3-4-13-2/h8-10,13H,3-7H2,1-2H3,(H,14,15)(H,16,17)/t8?,9-,10+/m0/s1. The summed E-state index contributed by atoms with van der Waals surface area (Å²) >= 11 is 0. The second kappa shape index (κ2) is 6.59. The first kappa shape index (κ1) is 14.0. The van der Waals surface area contributed by atoms with Crippen LogP contribution in [0.5, 0.6) is 0 Å². The largest absolute Gasteiger partial charge is 0.481 e. The van der Waals surface area contributed by atoms with Gasteiger partial charge in [-0.15, -0.1) is 0 Å². The Bertz CT molecular complexity index is 281. The van der Waals surface area contributed by atoms with Crippen molar-refractivity contribution in [2.24, 2.45) is 17.8 Å². The van der Waals surface area contributed by atoms with Gasteiger partial charge in [0.2, 0.25) is 5.91 Å². The van der Waals surface area contributed by atoms with Gasteiger partial charge in [-0.2, -0.15) is 0 Å². The molecule has 0 heterocycles. The van der Waals surface area contributed by atoms with E-state index in [1.54, 1.807) is 0 Å². The zero-order valence-corrected chi connectivity index (χ0v) is 10.5. The first-order valence-electron chi connectivity index (χ1n) is 6.21. The Kier molecular flexibility index (Phi) is 5.41. The van der Waals surface area contributed by atoms with E-state index in [2.05, 4.69) is 10.6 Å². The molecule has 3 N–H and O–H groups in total. The highest BCUT2D eigenvalue weighted by Crippen LogP contribution is 2.36. The topological polar surface area (TPSA) is 78.4 Å². The van der Waals surface area contributed by atoms with Crippen LogP contribution in [0.2, 0.25) is 0 Å². The highest BCUT2D eigenvalue weighted by molar-refractivity contribution is 5.85. The van der Waals surface area contributed by atoms with Crippen molar-refractivity contribution in [1.82, 2.24) is 10.6 Å². The molecule has 1 amide bonds. The molecule has 0 aromatic rings. The number of aliphatic carboxylic acids is 1. The van der Waals surface area contributed by atoms with E-state index in [1.165, 1.54) is 0 Å². The van der Waals surface area contributed by atoms with Crippen LogP contribution in [0.3, 0.4) is 0 Å². The SMILES string of the molecule is CNCCCNC(=O)[C@H]1CC(C)C[C@H]1C(=O)O. The zero-order chi connectivity index (χ0) is 12.8. The molecule has 98 valence electrons. The van der Waals surface area contributed by atoms with Crippen molar-refractivity contribution in [3.8, 4) is 0 Å².